The molecule has 1 amide bonds. The molecule has 1 saturated heterocycles. The van der Waals surface area contributed by atoms with E-state index in [9.17, 15) is 18.0 Å². The molecule has 1 aliphatic heterocycles. The van der Waals surface area contributed by atoms with Gasteiger partial charge in [-0.1, -0.05) is 23.7 Å². The number of piperidine rings is 1. The number of nitrogens with zero attached hydrogens (tertiary/aromatic N) is 3. The third kappa shape index (κ3) is 7.42. The maximum absolute atomic E-state index is 12.8. The summed E-state index contributed by atoms with van der Waals surface area (Å²) in [4.78, 5) is 31.7. The number of hydrogen-bond donors (Lipinski definition) is 0. The Morgan fingerprint density at radius 3 is 2.46 bits per heavy atom. The lowest BCUT2D eigenvalue weighted by atomic mass is 10.1. The molecular weight excluding hydrogens is 654 g/mol. The first-order valence-corrected chi connectivity index (χ1v) is 17.7. The van der Waals surface area contributed by atoms with Crippen molar-refractivity contribution in [1.29, 1.82) is 0 Å². The van der Waals surface area contributed by atoms with Crippen molar-refractivity contribution >= 4 is 55.9 Å². The van der Waals surface area contributed by atoms with E-state index in [-0.39, 0.29) is 22.0 Å². The summed E-state index contributed by atoms with van der Waals surface area (Å²) in [7, 11) is -2.10. The van der Waals surface area contributed by atoms with E-state index in [1.165, 1.54) is 19.2 Å². The Bertz CT molecular complexity index is 1870. The van der Waals surface area contributed by atoms with Gasteiger partial charge in [0.15, 0.2) is 14.7 Å². The zero-order valence-electron chi connectivity index (χ0n) is 26.4. The number of esters is 1. The first-order chi connectivity index (χ1) is 21.6. The molecule has 4 aromatic rings. The van der Waals surface area contributed by atoms with Crippen LogP contribution in [0.5, 0.6) is 11.5 Å². The first-order valence-electron chi connectivity index (χ1n) is 14.6. The molecule has 0 radical (unpaired) electrons. The Morgan fingerprint density at radius 2 is 1.80 bits per heavy atom. The van der Waals surface area contributed by atoms with E-state index in [1.807, 2.05) is 39.8 Å². The van der Waals surface area contributed by atoms with Crippen LogP contribution >= 0.6 is 22.9 Å². The summed E-state index contributed by atoms with van der Waals surface area (Å²) in [5, 5.41) is 1.01. The van der Waals surface area contributed by atoms with Crippen LogP contribution in [0.3, 0.4) is 0 Å². The van der Waals surface area contributed by atoms with Crippen molar-refractivity contribution in [2.45, 2.75) is 63.2 Å². The monoisotopic (exact) mass is 689 g/mol. The molecule has 2 aromatic heterocycles. The third-order valence-corrected chi connectivity index (χ3v) is 9.97. The van der Waals surface area contributed by atoms with Crippen molar-refractivity contribution in [3.8, 4) is 16.5 Å². The highest BCUT2D eigenvalue weighted by atomic mass is 35.5. The number of benzene rings is 2. The SMILES string of the molecule is COC(=O)c1sc(-n2cnc3cc(S(C)(=O)=O)ccc32)cc1OC(C)c1cccc(OC2CCN(C(=O)OC(C)(C)C)CC2)c1Cl. The van der Waals surface area contributed by atoms with Gasteiger partial charge in [0.2, 0.25) is 0 Å². The molecule has 0 saturated carbocycles. The van der Waals surface area contributed by atoms with Crippen molar-refractivity contribution in [3.05, 3.63) is 64.3 Å². The second kappa shape index (κ2) is 13.1. The van der Waals surface area contributed by atoms with Crippen LogP contribution in [-0.2, 0) is 19.3 Å². The van der Waals surface area contributed by atoms with Crippen LogP contribution in [0.2, 0.25) is 5.02 Å². The molecule has 3 heterocycles. The number of fused-ring (bicyclic) bond motifs is 1. The lowest BCUT2D eigenvalue weighted by Crippen LogP contribution is -2.44. The number of likely N-dealkylation sites (tertiary alicyclic amines) is 1. The maximum Gasteiger partial charge on any atom is 0.410 e. The third-order valence-electron chi connectivity index (χ3n) is 7.36. The van der Waals surface area contributed by atoms with E-state index in [4.69, 9.17) is 30.5 Å². The van der Waals surface area contributed by atoms with E-state index in [0.29, 0.717) is 64.1 Å². The van der Waals surface area contributed by atoms with Crippen LogP contribution < -0.4 is 9.47 Å². The second-order valence-corrected chi connectivity index (χ2v) is 15.4. The van der Waals surface area contributed by atoms with Crippen molar-refractivity contribution in [3.63, 3.8) is 0 Å². The molecule has 14 heteroatoms. The predicted molar refractivity (Wildman–Crippen MR) is 175 cm³/mol. The number of carbonyl (C=O) groups is 2. The van der Waals surface area contributed by atoms with Crippen LogP contribution in [0.15, 0.2) is 53.7 Å². The number of imidazole rings is 1. The first kappa shape index (κ1) is 33.6. The van der Waals surface area contributed by atoms with Crippen molar-refractivity contribution in [2.75, 3.05) is 26.5 Å². The Balaban J connectivity index is 1.33. The average molecular weight is 690 g/mol. The Labute approximate surface area is 276 Å². The summed E-state index contributed by atoms with van der Waals surface area (Å²) in [6.45, 7) is 8.37. The largest absolute Gasteiger partial charge is 0.489 e. The molecular formula is C32H36ClN3O8S2. The number of hydrogen-bond acceptors (Lipinski definition) is 10. The zero-order chi connectivity index (χ0) is 33.4. The molecule has 46 heavy (non-hydrogen) atoms. The number of aromatic nitrogens is 2. The molecule has 0 aliphatic carbocycles. The summed E-state index contributed by atoms with van der Waals surface area (Å²) < 4.78 is 48.9. The predicted octanol–water partition coefficient (Wildman–Crippen LogP) is 6.85. The fourth-order valence-corrected chi connectivity index (χ4v) is 7.01. The molecule has 5 rings (SSSR count). The number of carbonyl (C=O) groups excluding carboxylic acids is 2. The Hall–Kier alpha value is -3.81. The van der Waals surface area contributed by atoms with Gasteiger partial charge in [-0.3, -0.25) is 4.57 Å². The van der Waals surface area contributed by atoms with Gasteiger partial charge in [-0.05, 0) is 52.0 Å². The van der Waals surface area contributed by atoms with Crippen LogP contribution in [0.4, 0.5) is 4.79 Å². The molecule has 1 fully saturated rings. The van der Waals surface area contributed by atoms with E-state index < -0.39 is 27.5 Å². The minimum atomic E-state index is -3.40. The van der Waals surface area contributed by atoms with Crippen molar-refractivity contribution in [2.24, 2.45) is 0 Å². The van der Waals surface area contributed by atoms with Crippen molar-refractivity contribution in [1.82, 2.24) is 14.5 Å². The van der Waals surface area contributed by atoms with E-state index in [1.54, 1.807) is 34.0 Å². The van der Waals surface area contributed by atoms with Gasteiger partial charge >= 0.3 is 12.1 Å². The topological polar surface area (TPSA) is 126 Å². The number of sulfone groups is 1. The van der Waals surface area contributed by atoms with Gasteiger partial charge in [0.25, 0.3) is 0 Å². The quantitative estimate of drug-likeness (QED) is 0.183. The summed E-state index contributed by atoms with van der Waals surface area (Å²) >= 11 is 7.99. The number of ether oxygens (including phenoxy) is 4. The molecule has 0 bridgehead atoms. The minimum Gasteiger partial charge on any atom is -0.489 e. The minimum absolute atomic E-state index is 0.133. The Kier molecular flexibility index (Phi) is 9.57. The highest BCUT2D eigenvalue weighted by molar-refractivity contribution is 7.90. The lowest BCUT2D eigenvalue weighted by molar-refractivity contribution is 0.0126. The molecule has 0 spiro atoms. The van der Waals surface area contributed by atoms with Crippen LogP contribution in [0.1, 0.15) is 61.9 Å². The zero-order valence-corrected chi connectivity index (χ0v) is 28.8. The average Bonchev–Trinajstić information content (AvgIpc) is 3.60. The number of rotatable bonds is 8. The van der Waals surface area contributed by atoms with Gasteiger partial charge in [-0.25, -0.2) is 23.0 Å². The second-order valence-electron chi connectivity index (χ2n) is 12.0. The van der Waals surface area contributed by atoms with Gasteiger partial charge in [-0.2, -0.15) is 0 Å². The molecule has 1 aliphatic rings. The molecule has 0 N–H and O–H groups in total. The highest BCUT2D eigenvalue weighted by Gasteiger charge is 2.29. The van der Waals surface area contributed by atoms with Gasteiger partial charge in [0.05, 0.1) is 28.1 Å². The van der Waals surface area contributed by atoms with Gasteiger partial charge in [0, 0.05) is 43.8 Å². The summed E-state index contributed by atoms with van der Waals surface area (Å²) in [6, 6.07) is 11.9. The van der Waals surface area contributed by atoms with E-state index in [0.717, 1.165) is 17.6 Å². The summed E-state index contributed by atoms with van der Waals surface area (Å²) in [5.41, 5.74) is 1.26. The summed E-state index contributed by atoms with van der Waals surface area (Å²) in [6.07, 6.45) is 2.92. The number of thiophene rings is 1. The standard InChI is InChI=1S/C32H36ClN3O8S2/c1-19(22-8-7-9-25(28(22)33)43-20-12-14-35(15-13-20)31(38)44-32(2,3)4)42-26-17-27(45-29(26)30(37)41-5)36-18-34-23-16-21(46(6,39)40)10-11-24(23)36/h7-11,16-20H,12-15H2,1-6H3. The molecule has 1 atom stereocenters. The number of amides is 1. The maximum atomic E-state index is 12.8. The molecule has 2 aromatic carbocycles. The van der Waals surface area contributed by atoms with E-state index >= 15 is 0 Å². The number of halogens is 1. The van der Waals surface area contributed by atoms with Crippen LogP contribution in [0, 0.1) is 0 Å². The highest BCUT2D eigenvalue weighted by Crippen LogP contribution is 2.40. The molecule has 246 valence electrons. The summed E-state index contributed by atoms with van der Waals surface area (Å²) in [5.74, 6) is 0.233. The smallest absolute Gasteiger partial charge is 0.410 e. The molecule has 11 nitrogen and oxygen atoms in total. The Morgan fingerprint density at radius 1 is 1.09 bits per heavy atom. The van der Waals surface area contributed by atoms with Gasteiger partial charge in [-0.15, -0.1) is 11.3 Å². The lowest BCUT2D eigenvalue weighted by Gasteiger charge is -2.33. The fraction of sp³-hybridized carbons (Fsp3) is 0.406. The van der Waals surface area contributed by atoms with Crippen LogP contribution in [0.25, 0.3) is 16.0 Å². The van der Waals surface area contributed by atoms with Crippen molar-refractivity contribution < 1.29 is 37.0 Å². The van der Waals surface area contributed by atoms with E-state index in [2.05, 4.69) is 4.98 Å². The van der Waals surface area contributed by atoms with Crippen LogP contribution in [-0.4, -0.2) is 73.1 Å². The van der Waals surface area contributed by atoms with Gasteiger partial charge < -0.3 is 23.8 Å². The number of methoxy groups -OCH3 is 1. The fourth-order valence-electron chi connectivity index (χ4n) is 5.05. The van der Waals surface area contributed by atoms with Gasteiger partial charge in [0.1, 0.15) is 40.6 Å². The molecule has 1 unspecified atom stereocenters. The normalized spacial score (nSPS) is 15.1.